The molecule has 3 rings (SSSR count). The number of hydrogen-bond donors (Lipinski definition) is 1. The number of alkyl halides is 3. The van der Waals surface area contributed by atoms with Crippen molar-refractivity contribution in [3.05, 3.63) is 59.0 Å². The number of allylic oxidation sites excluding steroid dienone is 1. The Labute approximate surface area is 148 Å². The van der Waals surface area contributed by atoms with Crippen LogP contribution in [0.25, 0.3) is 6.08 Å². The van der Waals surface area contributed by atoms with E-state index in [1.165, 1.54) is 12.1 Å². The predicted octanol–water partition coefficient (Wildman–Crippen LogP) is 4.33. The normalized spacial score (nSPS) is 23.9. The van der Waals surface area contributed by atoms with Gasteiger partial charge in [0.05, 0.1) is 0 Å². The number of nitrogens with one attached hydrogen (secondary N) is 1. The molecule has 1 fully saturated rings. The Kier molecular flexibility index (Phi) is 4.55. The van der Waals surface area contributed by atoms with Gasteiger partial charge in [-0.1, -0.05) is 37.3 Å². The Balaban J connectivity index is 1.72. The van der Waals surface area contributed by atoms with Gasteiger partial charge in [-0.25, -0.2) is 13.1 Å². The van der Waals surface area contributed by atoms with Crippen LogP contribution >= 0.6 is 11.3 Å². The van der Waals surface area contributed by atoms with Crippen LogP contribution in [0.4, 0.5) is 13.2 Å². The van der Waals surface area contributed by atoms with Crippen LogP contribution < -0.4 is 4.72 Å². The molecule has 2 aromatic rings. The average Bonchev–Trinajstić information content (AvgIpc) is 2.98. The van der Waals surface area contributed by atoms with E-state index in [-0.39, 0.29) is 26.6 Å². The number of thiophene rings is 1. The first-order valence-electron chi connectivity index (χ1n) is 7.54. The Morgan fingerprint density at radius 2 is 1.88 bits per heavy atom. The smallest absolute Gasteiger partial charge is 0.206 e. The van der Waals surface area contributed by atoms with Crippen molar-refractivity contribution in [1.82, 2.24) is 4.72 Å². The zero-order chi connectivity index (χ0) is 18.3. The maximum Gasteiger partial charge on any atom is 0.409 e. The van der Waals surface area contributed by atoms with Crippen LogP contribution in [0.2, 0.25) is 0 Å². The summed E-state index contributed by atoms with van der Waals surface area (Å²) in [4.78, 5) is 0.235. The van der Waals surface area contributed by atoms with Crippen molar-refractivity contribution >= 4 is 27.4 Å². The van der Waals surface area contributed by atoms with Crippen LogP contribution in [-0.4, -0.2) is 20.6 Å². The van der Waals surface area contributed by atoms with Gasteiger partial charge in [-0.2, -0.15) is 13.2 Å². The van der Waals surface area contributed by atoms with E-state index in [1.54, 1.807) is 0 Å². The van der Waals surface area contributed by atoms with Crippen LogP contribution in [-0.2, 0) is 15.4 Å². The van der Waals surface area contributed by atoms with E-state index in [2.05, 4.69) is 4.72 Å². The second-order valence-corrected chi connectivity index (χ2v) is 9.25. The van der Waals surface area contributed by atoms with Crippen LogP contribution in [0.3, 0.4) is 0 Å². The minimum absolute atomic E-state index is 0.0108. The SMILES string of the molecule is C[C@]1(c2ccccc2)C[C@@H]1NS(=O)(=O)c1ccc(/C=C\C(F)(F)F)s1. The lowest BCUT2D eigenvalue weighted by molar-refractivity contribution is -0.0790. The van der Waals surface area contributed by atoms with Crippen LogP contribution in [0.5, 0.6) is 0 Å². The molecule has 0 bridgehead atoms. The molecule has 0 unspecified atom stereocenters. The minimum Gasteiger partial charge on any atom is -0.206 e. The number of benzene rings is 1. The van der Waals surface area contributed by atoms with Gasteiger partial charge in [-0.05, 0) is 30.2 Å². The highest BCUT2D eigenvalue weighted by Gasteiger charge is 2.53. The van der Waals surface area contributed by atoms with E-state index in [0.29, 0.717) is 6.42 Å². The van der Waals surface area contributed by atoms with E-state index in [0.717, 1.165) is 23.0 Å². The standard InChI is InChI=1S/C17H16F3NO2S2/c1-16(12-5-3-2-4-6-12)11-14(16)21-25(22,23)15-8-7-13(24-15)9-10-17(18,19)20/h2-10,14,21H,11H2,1H3/b10-9-/t14-,16+/m0/s1. The molecule has 3 nitrogen and oxygen atoms in total. The van der Waals surface area contributed by atoms with Gasteiger partial charge in [0.15, 0.2) is 0 Å². The summed E-state index contributed by atoms with van der Waals surface area (Å²) in [7, 11) is -3.76. The summed E-state index contributed by atoms with van der Waals surface area (Å²) in [5.74, 6) is 0. The molecule has 1 aliphatic rings. The molecule has 1 aliphatic carbocycles. The highest BCUT2D eigenvalue weighted by Crippen LogP contribution is 2.48. The summed E-state index contributed by atoms with van der Waals surface area (Å²) in [6.07, 6.45) is -2.78. The Morgan fingerprint density at radius 1 is 1.20 bits per heavy atom. The van der Waals surface area contributed by atoms with E-state index in [9.17, 15) is 21.6 Å². The summed E-state index contributed by atoms with van der Waals surface area (Å²) in [6.45, 7) is 1.99. The molecule has 1 aromatic carbocycles. The first-order valence-corrected chi connectivity index (χ1v) is 9.84. The molecule has 0 aliphatic heterocycles. The molecule has 1 N–H and O–H groups in total. The van der Waals surface area contributed by atoms with Gasteiger partial charge in [0.2, 0.25) is 10.0 Å². The van der Waals surface area contributed by atoms with E-state index >= 15 is 0 Å². The maximum atomic E-state index is 12.5. The van der Waals surface area contributed by atoms with Gasteiger partial charge in [-0.3, -0.25) is 0 Å². The Hall–Kier alpha value is -1.64. The first-order chi connectivity index (χ1) is 11.6. The van der Waals surface area contributed by atoms with Crippen LogP contribution in [0, 0.1) is 0 Å². The Morgan fingerprint density at radius 3 is 2.52 bits per heavy atom. The van der Waals surface area contributed by atoms with Crippen molar-refractivity contribution in [2.24, 2.45) is 0 Å². The van der Waals surface area contributed by atoms with Gasteiger partial charge in [0.1, 0.15) is 4.21 Å². The number of rotatable bonds is 5. The molecule has 2 atom stereocenters. The largest absolute Gasteiger partial charge is 0.409 e. The van der Waals surface area contributed by atoms with Crippen molar-refractivity contribution in [3.63, 3.8) is 0 Å². The van der Waals surface area contributed by atoms with Crippen molar-refractivity contribution in [3.8, 4) is 0 Å². The minimum atomic E-state index is -4.42. The van der Waals surface area contributed by atoms with Gasteiger partial charge in [0, 0.05) is 22.4 Å². The summed E-state index contributed by atoms with van der Waals surface area (Å²) in [6, 6.07) is 12.1. The van der Waals surface area contributed by atoms with Crippen molar-refractivity contribution < 1.29 is 21.6 Å². The molecule has 0 spiro atoms. The third-order valence-corrected chi connectivity index (χ3v) is 7.29. The molecule has 1 saturated carbocycles. The zero-order valence-electron chi connectivity index (χ0n) is 13.2. The molecule has 0 saturated heterocycles. The highest BCUT2D eigenvalue weighted by molar-refractivity contribution is 7.91. The Bertz CT molecular complexity index is 888. The fourth-order valence-corrected chi connectivity index (χ4v) is 5.26. The number of halogens is 3. The lowest BCUT2D eigenvalue weighted by atomic mass is 9.98. The van der Waals surface area contributed by atoms with Crippen LogP contribution in [0.15, 0.2) is 52.7 Å². The molecule has 134 valence electrons. The van der Waals surface area contributed by atoms with Crippen molar-refractivity contribution in [1.29, 1.82) is 0 Å². The summed E-state index contributed by atoms with van der Waals surface area (Å²) >= 11 is 0.809. The molecular formula is C17H16F3NO2S2. The summed E-state index contributed by atoms with van der Waals surface area (Å²) in [5.41, 5.74) is 0.799. The average molecular weight is 387 g/mol. The van der Waals surface area contributed by atoms with Gasteiger partial charge < -0.3 is 0 Å². The molecular weight excluding hydrogens is 371 g/mol. The third kappa shape index (κ3) is 4.13. The maximum absolute atomic E-state index is 12.5. The van der Waals surface area contributed by atoms with Gasteiger partial charge in [0.25, 0.3) is 0 Å². The molecule has 25 heavy (non-hydrogen) atoms. The van der Waals surface area contributed by atoms with Gasteiger partial charge >= 0.3 is 6.18 Å². The predicted molar refractivity (Wildman–Crippen MR) is 91.9 cm³/mol. The second-order valence-electron chi connectivity index (χ2n) is 6.19. The molecule has 1 aromatic heterocycles. The monoisotopic (exact) mass is 387 g/mol. The number of sulfonamides is 1. The fraction of sp³-hybridized carbons (Fsp3) is 0.294. The topological polar surface area (TPSA) is 46.2 Å². The molecule has 0 radical (unpaired) electrons. The first kappa shape index (κ1) is 18.2. The zero-order valence-corrected chi connectivity index (χ0v) is 14.9. The lowest BCUT2D eigenvalue weighted by Crippen LogP contribution is -2.29. The second kappa shape index (κ2) is 6.26. The lowest BCUT2D eigenvalue weighted by Gasteiger charge is -2.12. The third-order valence-electron chi connectivity index (χ3n) is 4.27. The fourth-order valence-electron chi connectivity index (χ4n) is 2.67. The van der Waals surface area contributed by atoms with Crippen LogP contribution in [0.1, 0.15) is 23.8 Å². The highest BCUT2D eigenvalue weighted by atomic mass is 32.2. The van der Waals surface area contributed by atoms with E-state index in [4.69, 9.17) is 0 Å². The van der Waals surface area contributed by atoms with E-state index in [1.807, 2.05) is 37.3 Å². The van der Waals surface area contributed by atoms with Gasteiger partial charge in [-0.15, -0.1) is 11.3 Å². The summed E-state index contributed by atoms with van der Waals surface area (Å²) < 4.78 is 64.2. The molecule has 0 amide bonds. The van der Waals surface area contributed by atoms with Crippen molar-refractivity contribution in [2.75, 3.05) is 0 Å². The number of hydrogen-bond acceptors (Lipinski definition) is 3. The molecule has 1 heterocycles. The quantitative estimate of drug-likeness (QED) is 0.830. The van der Waals surface area contributed by atoms with Crippen molar-refractivity contribution in [2.45, 2.75) is 35.2 Å². The van der Waals surface area contributed by atoms with E-state index < -0.39 is 16.2 Å². The summed E-state index contributed by atoms with van der Waals surface area (Å²) in [5, 5.41) is 0. The molecule has 8 heteroatoms.